The molecule has 0 spiro atoms. The third-order valence-corrected chi connectivity index (χ3v) is 2.21. The van der Waals surface area contributed by atoms with Crippen LogP contribution in [-0.4, -0.2) is 11.1 Å². The lowest BCUT2D eigenvalue weighted by atomic mass is 10.2. The van der Waals surface area contributed by atoms with Crippen LogP contribution in [0.1, 0.15) is 15.9 Å². The summed E-state index contributed by atoms with van der Waals surface area (Å²) in [5.74, 6) is -1.13. The highest BCUT2D eigenvalue weighted by Gasteiger charge is 2.30. The van der Waals surface area contributed by atoms with Gasteiger partial charge in [-0.3, -0.25) is 0 Å². The van der Waals surface area contributed by atoms with E-state index in [9.17, 15) is 18.0 Å². The van der Waals surface area contributed by atoms with Crippen molar-refractivity contribution in [3.63, 3.8) is 0 Å². The molecule has 0 saturated carbocycles. The van der Waals surface area contributed by atoms with Gasteiger partial charge in [-0.05, 0) is 24.3 Å². The molecule has 19 heavy (non-hydrogen) atoms. The van der Waals surface area contributed by atoms with Gasteiger partial charge >= 0.3 is 12.1 Å². The molecule has 0 amide bonds. The molecule has 0 unspecified atom stereocenters. The summed E-state index contributed by atoms with van der Waals surface area (Å²) >= 11 is 0. The smallest absolute Gasteiger partial charge is 0.416 e. The number of benzene rings is 1. The van der Waals surface area contributed by atoms with Gasteiger partial charge < -0.3 is 15.0 Å². The second kappa shape index (κ2) is 4.63. The summed E-state index contributed by atoms with van der Waals surface area (Å²) in [7, 11) is 0. The Balaban J connectivity index is 2.12. The van der Waals surface area contributed by atoms with E-state index in [0.29, 0.717) is 0 Å². The van der Waals surface area contributed by atoms with Crippen molar-refractivity contribution in [1.29, 1.82) is 0 Å². The molecule has 0 saturated heterocycles. The molecule has 0 aliphatic heterocycles. The number of hydrogen-bond acceptors (Lipinski definition) is 5. The second-order valence-corrected chi connectivity index (χ2v) is 3.52. The van der Waals surface area contributed by atoms with Crippen LogP contribution in [0.3, 0.4) is 0 Å². The van der Waals surface area contributed by atoms with E-state index in [0.717, 1.165) is 30.5 Å². The van der Waals surface area contributed by atoms with Crippen molar-refractivity contribution in [2.45, 2.75) is 6.18 Å². The molecular weight excluding hydrogens is 265 g/mol. The van der Waals surface area contributed by atoms with Crippen molar-refractivity contribution >= 4 is 11.9 Å². The second-order valence-electron chi connectivity index (χ2n) is 3.52. The Morgan fingerprint density at radius 1 is 1.26 bits per heavy atom. The van der Waals surface area contributed by atoms with Gasteiger partial charge in [0.15, 0.2) is 0 Å². The Morgan fingerprint density at radius 2 is 1.89 bits per heavy atom. The Bertz CT molecular complexity index is 590. The fraction of sp³-hybridized carbons (Fsp3) is 0.0909. The summed E-state index contributed by atoms with van der Waals surface area (Å²) < 4.78 is 46.2. The number of nitrogens with zero attached hydrogens (tertiary/aromatic N) is 1. The lowest BCUT2D eigenvalue weighted by molar-refractivity contribution is -0.137. The first-order valence-corrected chi connectivity index (χ1v) is 4.97. The molecule has 2 N–H and O–H groups in total. The number of carbonyl (C=O) groups excluding carboxylic acids is 1. The van der Waals surface area contributed by atoms with Crippen molar-refractivity contribution < 1.29 is 27.2 Å². The number of rotatable bonds is 2. The molecule has 8 heteroatoms. The number of carbonyl (C=O) groups is 1. The Morgan fingerprint density at radius 3 is 2.37 bits per heavy atom. The molecule has 1 aromatic heterocycles. The Labute approximate surface area is 104 Å². The molecule has 0 atom stereocenters. The number of ether oxygens (including phenoxy) is 1. The van der Waals surface area contributed by atoms with E-state index in [4.69, 9.17) is 10.5 Å². The molecule has 1 heterocycles. The number of anilines is 1. The first kappa shape index (κ1) is 12.9. The Kier molecular flexibility index (Phi) is 3.16. The lowest BCUT2D eigenvalue weighted by Gasteiger charge is -2.07. The standard InChI is InChI=1S/C11H7F3N2O3/c12-11(13,14)6-1-3-7(4-2-6)18-10(17)8-5-16-19-9(8)15/h1-5H,15H2. The lowest BCUT2D eigenvalue weighted by Crippen LogP contribution is -2.10. The maximum Gasteiger partial charge on any atom is 0.416 e. The van der Waals surface area contributed by atoms with E-state index >= 15 is 0 Å². The van der Waals surface area contributed by atoms with Crippen LogP contribution in [-0.2, 0) is 6.18 Å². The monoisotopic (exact) mass is 272 g/mol. The fourth-order valence-corrected chi connectivity index (χ4v) is 1.28. The molecule has 0 aliphatic carbocycles. The van der Waals surface area contributed by atoms with E-state index in [1.165, 1.54) is 0 Å². The van der Waals surface area contributed by atoms with Crippen LogP contribution >= 0.6 is 0 Å². The number of nitrogens with two attached hydrogens (primary N) is 1. The Hall–Kier alpha value is -2.51. The summed E-state index contributed by atoms with van der Waals surface area (Å²) in [5, 5.41) is 3.28. The number of halogens is 3. The minimum Gasteiger partial charge on any atom is -0.423 e. The van der Waals surface area contributed by atoms with Gasteiger partial charge in [-0.25, -0.2) is 4.79 Å². The maximum atomic E-state index is 12.3. The van der Waals surface area contributed by atoms with Gasteiger partial charge in [-0.15, -0.1) is 0 Å². The van der Waals surface area contributed by atoms with E-state index in [1.807, 2.05) is 0 Å². The van der Waals surface area contributed by atoms with Gasteiger partial charge in [0.05, 0.1) is 11.8 Å². The van der Waals surface area contributed by atoms with Crippen molar-refractivity contribution in [1.82, 2.24) is 5.16 Å². The van der Waals surface area contributed by atoms with Crippen LogP contribution in [0.5, 0.6) is 5.75 Å². The van der Waals surface area contributed by atoms with Gasteiger partial charge in [0.1, 0.15) is 11.3 Å². The fourth-order valence-electron chi connectivity index (χ4n) is 1.28. The van der Waals surface area contributed by atoms with E-state index in [-0.39, 0.29) is 17.2 Å². The maximum absolute atomic E-state index is 12.3. The minimum atomic E-state index is -4.44. The largest absolute Gasteiger partial charge is 0.423 e. The molecule has 1 aromatic carbocycles. The van der Waals surface area contributed by atoms with Crippen LogP contribution in [0.2, 0.25) is 0 Å². The molecular formula is C11H7F3N2O3. The summed E-state index contributed by atoms with van der Waals surface area (Å²) in [6, 6.07) is 3.67. The van der Waals surface area contributed by atoms with Gasteiger partial charge in [-0.1, -0.05) is 5.16 Å². The number of nitrogen functional groups attached to an aromatic ring is 1. The predicted molar refractivity (Wildman–Crippen MR) is 57.3 cm³/mol. The first-order valence-electron chi connectivity index (χ1n) is 4.97. The quantitative estimate of drug-likeness (QED) is 0.671. The minimum absolute atomic E-state index is 0.0430. The van der Waals surface area contributed by atoms with E-state index in [2.05, 4.69) is 9.68 Å². The molecule has 0 fully saturated rings. The summed E-state index contributed by atoms with van der Waals surface area (Å²) in [6.45, 7) is 0. The van der Waals surface area contributed by atoms with Crippen LogP contribution in [0, 0.1) is 0 Å². The topological polar surface area (TPSA) is 78.4 Å². The van der Waals surface area contributed by atoms with Gasteiger partial charge in [-0.2, -0.15) is 13.2 Å². The molecule has 2 rings (SSSR count). The highest BCUT2D eigenvalue weighted by Crippen LogP contribution is 2.30. The summed E-state index contributed by atoms with van der Waals surface area (Å²) in [6.07, 6.45) is -3.39. The molecule has 5 nitrogen and oxygen atoms in total. The van der Waals surface area contributed by atoms with Gasteiger partial charge in [0.25, 0.3) is 0 Å². The third-order valence-electron chi connectivity index (χ3n) is 2.21. The predicted octanol–water partition coefficient (Wildman–Crippen LogP) is 2.49. The highest BCUT2D eigenvalue weighted by atomic mass is 19.4. The van der Waals surface area contributed by atoms with Crippen molar-refractivity contribution in [3.05, 3.63) is 41.6 Å². The SMILES string of the molecule is Nc1oncc1C(=O)Oc1ccc(C(F)(F)F)cc1. The van der Waals surface area contributed by atoms with Crippen LogP contribution in [0.15, 0.2) is 35.0 Å². The average Bonchev–Trinajstić information content (AvgIpc) is 2.75. The zero-order chi connectivity index (χ0) is 14.0. The first-order chi connectivity index (χ1) is 8.88. The van der Waals surface area contributed by atoms with E-state index in [1.54, 1.807) is 0 Å². The number of alkyl halides is 3. The number of aromatic nitrogens is 1. The zero-order valence-electron chi connectivity index (χ0n) is 9.27. The average molecular weight is 272 g/mol. The highest BCUT2D eigenvalue weighted by molar-refractivity contribution is 5.94. The molecule has 100 valence electrons. The van der Waals surface area contributed by atoms with Crippen molar-refractivity contribution in [2.24, 2.45) is 0 Å². The molecule has 0 aliphatic rings. The number of esters is 1. The van der Waals surface area contributed by atoms with Crippen molar-refractivity contribution in [3.8, 4) is 5.75 Å². The molecule has 0 radical (unpaired) electrons. The van der Waals surface area contributed by atoms with Crippen LogP contribution in [0.25, 0.3) is 0 Å². The summed E-state index contributed by atoms with van der Waals surface area (Å²) in [4.78, 5) is 11.6. The van der Waals surface area contributed by atoms with Crippen molar-refractivity contribution in [2.75, 3.05) is 5.73 Å². The normalized spacial score (nSPS) is 11.3. The molecule has 0 bridgehead atoms. The number of hydrogen-bond donors (Lipinski definition) is 1. The van der Waals surface area contributed by atoms with Crippen LogP contribution < -0.4 is 10.5 Å². The summed E-state index contributed by atoms with van der Waals surface area (Å²) in [5.41, 5.74) is 4.36. The third kappa shape index (κ3) is 2.84. The van der Waals surface area contributed by atoms with Crippen LogP contribution in [0.4, 0.5) is 19.1 Å². The zero-order valence-corrected chi connectivity index (χ0v) is 9.27. The van der Waals surface area contributed by atoms with E-state index < -0.39 is 17.7 Å². The van der Waals surface area contributed by atoms with Gasteiger partial charge in [0, 0.05) is 0 Å². The van der Waals surface area contributed by atoms with Gasteiger partial charge in [0.2, 0.25) is 5.88 Å². The molecule has 2 aromatic rings.